The Kier molecular flexibility index (Phi) is 12.4. The number of hydrogen-bond acceptors (Lipinski definition) is 8. The van der Waals surface area contributed by atoms with E-state index in [1.807, 2.05) is 0 Å². The van der Waals surface area contributed by atoms with E-state index < -0.39 is 23.9 Å². The first-order chi connectivity index (χ1) is 12.4. The van der Waals surface area contributed by atoms with Crippen molar-refractivity contribution >= 4 is 11.9 Å². The number of carbonyl (C=O) groups excluding carboxylic acids is 1. The maximum absolute atomic E-state index is 12.3. The van der Waals surface area contributed by atoms with Crippen LogP contribution in [-0.4, -0.2) is 62.5 Å². The summed E-state index contributed by atoms with van der Waals surface area (Å²) in [5.74, 6) is -5.51. The summed E-state index contributed by atoms with van der Waals surface area (Å²) in [4.78, 5) is 22.9. The SMILES string of the molecule is CCOC(OC)(OCC)C(OCC)(OCC)OC(=O)CCCCC(=O)O. The van der Waals surface area contributed by atoms with Crippen molar-refractivity contribution in [1.82, 2.24) is 0 Å². The van der Waals surface area contributed by atoms with Gasteiger partial charge < -0.3 is 33.5 Å². The summed E-state index contributed by atoms with van der Waals surface area (Å²) in [5, 5.41) is 8.66. The van der Waals surface area contributed by atoms with Crippen molar-refractivity contribution in [2.75, 3.05) is 33.5 Å². The summed E-state index contributed by atoms with van der Waals surface area (Å²) in [5.41, 5.74) is 0. The zero-order valence-electron chi connectivity index (χ0n) is 16.4. The molecule has 0 saturated carbocycles. The fourth-order valence-electron chi connectivity index (χ4n) is 2.31. The molecule has 0 heterocycles. The second-order valence-corrected chi connectivity index (χ2v) is 5.12. The number of carbonyl (C=O) groups is 2. The van der Waals surface area contributed by atoms with Gasteiger partial charge in [-0.25, -0.2) is 0 Å². The average molecular weight is 380 g/mol. The highest BCUT2D eigenvalue weighted by atomic mass is 17.0. The van der Waals surface area contributed by atoms with Crippen molar-refractivity contribution in [1.29, 1.82) is 0 Å². The van der Waals surface area contributed by atoms with E-state index in [0.29, 0.717) is 12.8 Å². The number of carboxylic acid groups (broad SMARTS) is 1. The molecule has 0 radical (unpaired) electrons. The molecule has 0 aliphatic heterocycles. The van der Waals surface area contributed by atoms with Crippen molar-refractivity contribution in [3.8, 4) is 0 Å². The lowest BCUT2D eigenvalue weighted by Crippen LogP contribution is -2.64. The molecule has 0 spiro atoms. The molecule has 0 aromatic carbocycles. The Morgan fingerprint density at radius 3 is 1.58 bits per heavy atom. The number of unbranched alkanes of at least 4 members (excludes halogenated alkanes) is 1. The molecule has 0 aromatic heterocycles. The van der Waals surface area contributed by atoms with Crippen LogP contribution in [0.5, 0.6) is 0 Å². The molecule has 9 heteroatoms. The van der Waals surface area contributed by atoms with Crippen LogP contribution in [0.15, 0.2) is 0 Å². The number of hydrogen-bond donors (Lipinski definition) is 1. The Labute approximate surface area is 154 Å². The first-order valence-corrected chi connectivity index (χ1v) is 8.91. The quantitative estimate of drug-likeness (QED) is 0.245. The van der Waals surface area contributed by atoms with Crippen molar-refractivity contribution in [2.45, 2.75) is 65.3 Å². The van der Waals surface area contributed by atoms with Crippen LogP contribution in [0.3, 0.4) is 0 Å². The molecule has 0 atom stereocenters. The minimum atomic E-state index is -2.05. The Bertz CT molecular complexity index is 399. The van der Waals surface area contributed by atoms with E-state index in [1.54, 1.807) is 27.7 Å². The van der Waals surface area contributed by atoms with Gasteiger partial charge in [0.1, 0.15) is 0 Å². The highest BCUT2D eigenvalue weighted by Gasteiger charge is 2.62. The second kappa shape index (κ2) is 13.0. The highest BCUT2D eigenvalue weighted by molar-refractivity contribution is 5.70. The summed E-state index contributed by atoms with van der Waals surface area (Å²) >= 11 is 0. The number of carboxylic acids is 1. The first kappa shape index (κ1) is 24.7. The number of aliphatic carboxylic acids is 1. The predicted molar refractivity (Wildman–Crippen MR) is 91.2 cm³/mol. The summed E-state index contributed by atoms with van der Waals surface area (Å²) in [6.45, 7) is 7.50. The van der Waals surface area contributed by atoms with Gasteiger partial charge >= 0.3 is 23.9 Å². The van der Waals surface area contributed by atoms with Gasteiger partial charge in [-0.1, -0.05) is 0 Å². The largest absolute Gasteiger partial charge is 0.481 e. The van der Waals surface area contributed by atoms with Crippen LogP contribution >= 0.6 is 0 Å². The Balaban J connectivity index is 5.43. The lowest BCUT2D eigenvalue weighted by molar-refractivity contribution is -0.546. The number of esters is 1. The molecule has 0 aliphatic rings. The van der Waals surface area contributed by atoms with Gasteiger partial charge in [0.25, 0.3) is 0 Å². The summed E-state index contributed by atoms with van der Waals surface area (Å²) < 4.78 is 33.3. The fourth-order valence-corrected chi connectivity index (χ4v) is 2.31. The summed E-state index contributed by atoms with van der Waals surface area (Å²) in [6, 6.07) is 0. The zero-order chi connectivity index (χ0) is 20.1. The molecule has 0 unspecified atom stereocenters. The predicted octanol–water partition coefficient (Wildman–Crippen LogP) is 2.27. The number of rotatable bonds is 16. The molecule has 0 fully saturated rings. The third kappa shape index (κ3) is 7.16. The van der Waals surface area contributed by atoms with Gasteiger partial charge in [0.2, 0.25) is 0 Å². The lowest BCUT2D eigenvalue weighted by Gasteiger charge is -2.44. The van der Waals surface area contributed by atoms with Crippen LogP contribution < -0.4 is 0 Å². The van der Waals surface area contributed by atoms with Crippen molar-refractivity contribution in [2.24, 2.45) is 0 Å². The molecule has 0 bridgehead atoms. The van der Waals surface area contributed by atoms with Gasteiger partial charge in [-0.3, -0.25) is 9.59 Å². The summed E-state index contributed by atoms with van der Waals surface area (Å²) in [7, 11) is 1.33. The lowest BCUT2D eigenvalue weighted by atomic mass is 10.2. The zero-order valence-corrected chi connectivity index (χ0v) is 16.4. The minimum Gasteiger partial charge on any atom is -0.481 e. The number of methoxy groups -OCH3 is 1. The van der Waals surface area contributed by atoms with Crippen molar-refractivity contribution in [3.05, 3.63) is 0 Å². The van der Waals surface area contributed by atoms with Gasteiger partial charge in [-0.2, -0.15) is 0 Å². The Morgan fingerprint density at radius 2 is 1.19 bits per heavy atom. The second-order valence-electron chi connectivity index (χ2n) is 5.12. The monoisotopic (exact) mass is 380 g/mol. The van der Waals surface area contributed by atoms with E-state index in [0.717, 1.165) is 0 Å². The molecule has 0 amide bonds. The van der Waals surface area contributed by atoms with Gasteiger partial charge in [0, 0.05) is 33.2 Å². The van der Waals surface area contributed by atoms with E-state index in [-0.39, 0.29) is 39.3 Å². The molecule has 1 N–H and O–H groups in total. The molecule has 0 saturated heterocycles. The average Bonchev–Trinajstić information content (AvgIpc) is 2.58. The molecule has 154 valence electrons. The van der Waals surface area contributed by atoms with E-state index >= 15 is 0 Å². The van der Waals surface area contributed by atoms with Gasteiger partial charge in [0.05, 0.1) is 13.2 Å². The van der Waals surface area contributed by atoms with E-state index in [2.05, 4.69) is 0 Å². The third-order valence-electron chi connectivity index (χ3n) is 3.25. The van der Waals surface area contributed by atoms with Gasteiger partial charge in [0.15, 0.2) is 0 Å². The Morgan fingerprint density at radius 1 is 0.769 bits per heavy atom. The maximum atomic E-state index is 12.3. The molecule has 0 rings (SSSR count). The molecular weight excluding hydrogens is 348 g/mol. The smallest absolute Gasteiger partial charge is 0.416 e. The van der Waals surface area contributed by atoms with E-state index in [9.17, 15) is 9.59 Å². The molecule has 9 nitrogen and oxygen atoms in total. The van der Waals surface area contributed by atoms with Crippen LogP contribution in [0.4, 0.5) is 0 Å². The maximum Gasteiger partial charge on any atom is 0.416 e. The standard InChI is InChI=1S/C17H32O9/c1-6-22-16(21-5,23-7-2)17(24-8-3,25-9-4)26-15(20)13-11-10-12-14(18)19/h6-13H2,1-5H3,(H,18,19). The highest BCUT2D eigenvalue weighted by Crippen LogP contribution is 2.36. The topological polar surface area (TPSA) is 110 Å². The van der Waals surface area contributed by atoms with Crippen molar-refractivity contribution in [3.63, 3.8) is 0 Å². The minimum absolute atomic E-state index is 0.00672. The van der Waals surface area contributed by atoms with E-state index in [4.69, 9.17) is 33.5 Å². The molecular formula is C17H32O9. The molecule has 26 heavy (non-hydrogen) atoms. The van der Waals surface area contributed by atoms with Crippen LogP contribution in [0.25, 0.3) is 0 Å². The van der Waals surface area contributed by atoms with Crippen LogP contribution in [0.2, 0.25) is 0 Å². The Hall–Kier alpha value is -1.26. The number of ether oxygens (including phenoxy) is 6. The van der Waals surface area contributed by atoms with Crippen LogP contribution in [0.1, 0.15) is 53.4 Å². The van der Waals surface area contributed by atoms with Crippen LogP contribution in [-0.2, 0) is 38.0 Å². The van der Waals surface area contributed by atoms with E-state index in [1.165, 1.54) is 7.11 Å². The normalized spacial score (nSPS) is 12.2. The van der Waals surface area contributed by atoms with Gasteiger partial charge in [-0.15, -0.1) is 0 Å². The van der Waals surface area contributed by atoms with Crippen molar-refractivity contribution < 1.29 is 43.1 Å². The molecule has 0 aromatic rings. The fraction of sp³-hybridized carbons (Fsp3) is 0.882. The summed E-state index contributed by atoms with van der Waals surface area (Å²) in [6.07, 6.45) is 0.679. The molecule has 0 aliphatic carbocycles. The van der Waals surface area contributed by atoms with Gasteiger partial charge in [-0.05, 0) is 40.5 Å². The third-order valence-corrected chi connectivity index (χ3v) is 3.25. The first-order valence-electron chi connectivity index (χ1n) is 8.91. The van der Waals surface area contributed by atoms with Crippen LogP contribution in [0, 0.1) is 0 Å².